The highest BCUT2D eigenvalue weighted by Gasteiger charge is 2.43. The number of carbonyl (C=O) groups excluding carboxylic acids is 2. The topological polar surface area (TPSA) is 65.8 Å². The van der Waals surface area contributed by atoms with E-state index in [4.69, 9.17) is 16.6 Å². The van der Waals surface area contributed by atoms with Gasteiger partial charge >= 0.3 is 0 Å². The Morgan fingerprint density at radius 1 is 1.10 bits per heavy atom. The lowest BCUT2D eigenvalue weighted by Crippen LogP contribution is -2.46. The van der Waals surface area contributed by atoms with Crippen molar-refractivity contribution in [3.8, 4) is 0 Å². The number of rotatable bonds is 5. The molecule has 152 valence electrons. The van der Waals surface area contributed by atoms with Crippen LogP contribution in [0.25, 0.3) is 0 Å². The Kier molecular flexibility index (Phi) is 5.58. The molecule has 1 N–H and O–H groups in total. The predicted octanol–water partition coefficient (Wildman–Crippen LogP) is 3.95. The first-order valence-corrected chi connectivity index (χ1v) is 9.71. The normalized spacial score (nSPS) is 16.0. The summed E-state index contributed by atoms with van der Waals surface area (Å²) in [5, 5.41) is 3.41. The van der Waals surface area contributed by atoms with E-state index in [1.54, 1.807) is 17.0 Å². The maximum Gasteiger partial charge on any atom is 0.257 e. The molecular weight excluding hydrogens is 405 g/mol. The molecular formula is C22H18FN3O3S. The van der Waals surface area contributed by atoms with E-state index in [9.17, 15) is 14.0 Å². The number of benzene rings is 2. The summed E-state index contributed by atoms with van der Waals surface area (Å²) in [5.74, 6) is -0.631. The Bertz CT molecular complexity index is 1060. The molecule has 1 saturated heterocycles. The van der Waals surface area contributed by atoms with E-state index in [-0.39, 0.29) is 18.9 Å². The number of halogens is 1. The van der Waals surface area contributed by atoms with Gasteiger partial charge in [0.1, 0.15) is 17.6 Å². The SMILES string of the molecule is O=C1C[C@@H](N(Cc2ccco2)C(=S)Nc2ccccc2)C(=O)N1c1ccc(F)cc1. The van der Waals surface area contributed by atoms with Crippen LogP contribution in [0.1, 0.15) is 12.2 Å². The largest absolute Gasteiger partial charge is 0.467 e. The third kappa shape index (κ3) is 4.08. The number of hydrogen-bond acceptors (Lipinski definition) is 4. The first-order valence-electron chi connectivity index (χ1n) is 9.30. The van der Waals surface area contributed by atoms with Crippen LogP contribution in [0.4, 0.5) is 15.8 Å². The molecule has 1 aromatic heterocycles. The van der Waals surface area contributed by atoms with Crippen LogP contribution in [0.2, 0.25) is 0 Å². The minimum absolute atomic E-state index is 0.0481. The first kappa shape index (κ1) is 19.8. The summed E-state index contributed by atoms with van der Waals surface area (Å²) >= 11 is 5.57. The molecule has 3 aromatic rings. The standard InChI is InChI=1S/C22H18FN3O3S/c23-15-8-10-17(11-9-15)26-20(27)13-19(21(26)28)25(14-18-7-4-12-29-18)22(30)24-16-5-2-1-3-6-16/h1-12,19H,13-14H2,(H,24,30)/t19-/m1/s1. The second-order valence-corrected chi connectivity index (χ2v) is 7.15. The number of thiocarbonyl (C=S) groups is 1. The third-order valence-corrected chi connectivity index (χ3v) is 5.11. The number of hydrogen-bond donors (Lipinski definition) is 1. The molecule has 0 spiro atoms. The number of imide groups is 1. The molecule has 2 heterocycles. The fourth-order valence-corrected chi connectivity index (χ4v) is 3.64. The highest BCUT2D eigenvalue weighted by atomic mass is 32.1. The lowest BCUT2D eigenvalue weighted by atomic mass is 10.2. The van der Waals surface area contributed by atoms with Gasteiger partial charge in [-0.15, -0.1) is 0 Å². The van der Waals surface area contributed by atoms with E-state index in [1.165, 1.54) is 30.5 Å². The number of amides is 2. The molecule has 0 radical (unpaired) electrons. The average Bonchev–Trinajstić information content (AvgIpc) is 3.35. The fourth-order valence-electron chi connectivity index (χ4n) is 3.33. The quantitative estimate of drug-likeness (QED) is 0.495. The Labute approximate surface area is 177 Å². The van der Waals surface area contributed by atoms with Gasteiger partial charge in [0.05, 0.1) is 24.9 Å². The van der Waals surface area contributed by atoms with E-state index in [1.807, 2.05) is 30.3 Å². The van der Waals surface area contributed by atoms with E-state index >= 15 is 0 Å². The molecule has 0 unspecified atom stereocenters. The van der Waals surface area contributed by atoms with E-state index in [2.05, 4.69) is 5.32 Å². The Balaban J connectivity index is 1.61. The lowest BCUT2D eigenvalue weighted by molar-refractivity contribution is -0.122. The highest BCUT2D eigenvalue weighted by Crippen LogP contribution is 2.27. The lowest BCUT2D eigenvalue weighted by Gasteiger charge is -2.29. The summed E-state index contributed by atoms with van der Waals surface area (Å²) in [6.07, 6.45) is 1.49. The van der Waals surface area contributed by atoms with Crippen molar-refractivity contribution in [1.29, 1.82) is 0 Å². The van der Waals surface area contributed by atoms with E-state index < -0.39 is 17.8 Å². The molecule has 2 amide bonds. The number of furan rings is 1. The number of nitrogens with one attached hydrogen (secondary N) is 1. The van der Waals surface area contributed by atoms with Crippen molar-refractivity contribution in [3.63, 3.8) is 0 Å². The predicted molar refractivity (Wildman–Crippen MR) is 114 cm³/mol. The zero-order valence-corrected chi connectivity index (χ0v) is 16.6. The van der Waals surface area contributed by atoms with Gasteiger partial charge in [-0.05, 0) is 60.7 Å². The Morgan fingerprint density at radius 3 is 2.50 bits per heavy atom. The molecule has 6 nitrogen and oxygen atoms in total. The van der Waals surface area contributed by atoms with Gasteiger partial charge in [-0.25, -0.2) is 9.29 Å². The summed E-state index contributed by atoms with van der Waals surface area (Å²) in [4.78, 5) is 28.6. The molecule has 1 atom stereocenters. The fraction of sp³-hybridized carbons (Fsp3) is 0.136. The number of carbonyl (C=O) groups is 2. The van der Waals surface area contributed by atoms with Crippen molar-refractivity contribution in [1.82, 2.24) is 4.90 Å². The van der Waals surface area contributed by atoms with Crippen LogP contribution < -0.4 is 10.2 Å². The second kappa shape index (κ2) is 8.46. The maximum absolute atomic E-state index is 13.3. The third-order valence-electron chi connectivity index (χ3n) is 4.78. The molecule has 4 rings (SSSR count). The van der Waals surface area contributed by atoms with Crippen LogP contribution in [-0.2, 0) is 16.1 Å². The number of anilines is 2. The zero-order chi connectivity index (χ0) is 21.1. The van der Waals surface area contributed by atoms with Crippen LogP contribution in [-0.4, -0.2) is 27.9 Å². The van der Waals surface area contributed by atoms with Crippen molar-refractivity contribution in [2.45, 2.75) is 19.0 Å². The molecule has 30 heavy (non-hydrogen) atoms. The summed E-state index contributed by atoms with van der Waals surface area (Å²) in [6.45, 7) is 0.215. The van der Waals surface area contributed by atoms with Gasteiger partial charge in [0.25, 0.3) is 5.91 Å². The summed E-state index contributed by atoms with van der Waals surface area (Å²) in [7, 11) is 0. The van der Waals surface area contributed by atoms with Crippen LogP contribution in [0, 0.1) is 5.82 Å². The number of nitrogens with zero attached hydrogens (tertiary/aromatic N) is 2. The molecule has 1 aliphatic heterocycles. The van der Waals surface area contributed by atoms with Gasteiger partial charge in [-0.3, -0.25) is 9.59 Å². The van der Waals surface area contributed by atoms with Gasteiger partial charge in [-0.1, -0.05) is 18.2 Å². The van der Waals surface area contributed by atoms with E-state index in [0.29, 0.717) is 16.6 Å². The van der Waals surface area contributed by atoms with Crippen LogP contribution >= 0.6 is 12.2 Å². The molecule has 8 heteroatoms. The molecule has 1 aliphatic rings. The molecule has 0 bridgehead atoms. The molecule has 2 aromatic carbocycles. The monoisotopic (exact) mass is 423 g/mol. The smallest absolute Gasteiger partial charge is 0.257 e. The molecule has 0 saturated carbocycles. The van der Waals surface area contributed by atoms with Crippen molar-refractivity contribution in [2.24, 2.45) is 0 Å². The van der Waals surface area contributed by atoms with Gasteiger partial charge in [-0.2, -0.15) is 0 Å². The van der Waals surface area contributed by atoms with Crippen molar-refractivity contribution < 1.29 is 18.4 Å². The second-order valence-electron chi connectivity index (χ2n) is 6.77. The van der Waals surface area contributed by atoms with Gasteiger partial charge in [0, 0.05) is 5.69 Å². The van der Waals surface area contributed by atoms with E-state index in [0.717, 1.165) is 10.6 Å². The summed E-state index contributed by atoms with van der Waals surface area (Å²) in [5.41, 5.74) is 1.09. The molecule has 1 fully saturated rings. The van der Waals surface area contributed by atoms with Crippen molar-refractivity contribution >= 4 is 40.5 Å². The average molecular weight is 423 g/mol. The van der Waals surface area contributed by atoms with Crippen molar-refractivity contribution in [3.05, 3.63) is 84.6 Å². The highest BCUT2D eigenvalue weighted by molar-refractivity contribution is 7.80. The summed E-state index contributed by atoms with van der Waals surface area (Å²) in [6, 6.07) is 17.3. The van der Waals surface area contributed by atoms with Crippen LogP contribution in [0.5, 0.6) is 0 Å². The van der Waals surface area contributed by atoms with Gasteiger partial charge in [0.15, 0.2) is 5.11 Å². The Hall–Kier alpha value is -3.52. The van der Waals surface area contributed by atoms with Gasteiger partial charge < -0.3 is 14.6 Å². The maximum atomic E-state index is 13.3. The summed E-state index contributed by atoms with van der Waals surface area (Å²) < 4.78 is 18.7. The number of para-hydroxylation sites is 1. The zero-order valence-electron chi connectivity index (χ0n) is 15.8. The minimum Gasteiger partial charge on any atom is -0.467 e. The Morgan fingerprint density at radius 2 is 1.83 bits per heavy atom. The molecule has 0 aliphatic carbocycles. The van der Waals surface area contributed by atoms with Crippen molar-refractivity contribution in [2.75, 3.05) is 10.2 Å². The van der Waals surface area contributed by atoms with Crippen LogP contribution in [0.3, 0.4) is 0 Å². The first-order chi connectivity index (χ1) is 14.5. The van der Waals surface area contributed by atoms with Gasteiger partial charge in [0.2, 0.25) is 5.91 Å². The minimum atomic E-state index is -0.809. The van der Waals surface area contributed by atoms with Crippen LogP contribution in [0.15, 0.2) is 77.4 Å².